The van der Waals surface area contributed by atoms with E-state index in [1.54, 1.807) is 6.92 Å². The van der Waals surface area contributed by atoms with Crippen molar-refractivity contribution in [3.8, 4) is 0 Å². The summed E-state index contributed by atoms with van der Waals surface area (Å²) in [5.41, 5.74) is 1.71. The summed E-state index contributed by atoms with van der Waals surface area (Å²) in [5, 5.41) is 4.10. The van der Waals surface area contributed by atoms with Crippen LogP contribution < -0.4 is 5.32 Å². The molecule has 0 spiro atoms. The average molecular weight is 314 g/mol. The van der Waals surface area contributed by atoms with Gasteiger partial charge in [-0.2, -0.15) is 0 Å². The molecule has 0 amide bonds. The number of rotatable bonds is 10. The molecular formula is C18H29ClFN. The van der Waals surface area contributed by atoms with E-state index in [2.05, 4.69) is 19.2 Å². The Labute approximate surface area is 134 Å². The maximum absolute atomic E-state index is 13.6. The van der Waals surface area contributed by atoms with Gasteiger partial charge in [0.1, 0.15) is 5.82 Å². The Morgan fingerprint density at radius 1 is 1.10 bits per heavy atom. The highest BCUT2D eigenvalue weighted by atomic mass is 35.5. The van der Waals surface area contributed by atoms with E-state index in [4.69, 9.17) is 11.6 Å². The number of unbranched alkanes of at least 4 members (excludes halogenated alkanes) is 4. The lowest BCUT2D eigenvalue weighted by atomic mass is 9.98. The first-order valence-corrected chi connectivity index (χ1v) is 8.66. The minimum atomic E-state index is -0.221. The van der Waals surface area contributed by atoms with E-state index in [9.17, 15) is 4.39 Å². The van der Waals surface area contributed by atoms with Crippen molar-refractivity contribution in [3.05, 3.63) is 34.1 Å². The van der Waals surface area contributed by atoms with Gasteiger partial charge >= 0.3 is 0 Å². The number of benzene rings is 1. The highest BCUT2D eigenvalue weighted by Crippen LogP contribution is 2.29. The second kappa shape index (κ2) is 10.2. The fourth-order valence-electron chi connectivity index (χ4n) is 2.58. The van der Waals surface area contributed by atoms with Crippen molar-refractivity contribution in [2.75, 3.05) is 6.54 Å². The summed E-state index contributed by atoms with van der Waals surface area (Å²) < 4.78 is 13.6. The molecule has 0 radical (unpaired) electrons. The molecule has 0 fully saturated rings. The first-order chi connectivity index (χ1) is 10.1. The summed E-state index contributed by atoms with van der Waals surface area (Å²) in [6, 6.07) is 3.58. The minimum Gasteiger partial charge on any atom is -0.310 e. The van der Waals surface area contributed by atoms with Crippen LogP contribution in [0.4, 0.5) is 4.39 Å². The molecule has 1 rings (SSSR count). The quantitative estimate of drug-likeness (QED) is 0.508. The molecule has 1 aromatic carbocycles. The predicted octanol–water partition coefficient (Wildman–Crippen LogP) is 6.19. The van der Waals surface area contributed by atoms with Gasteiger partial charge in [-0.15, -0.1) is 0 Å². The Morgan fingerprint density at radius 3 is 2.48 bits per heavy atom. The number of hydrogen-bond donors (Lipinski definition) is 1. The lowest BCUT2D eigenvalue weighted by molar-refractivity contribution is 0.467. The largest absolute Gasteiger partial charge is 0.310 e. The number of halogens is 2. The Balaban J connectivity index is 2.70. The second-order valence-corrected chi connectivity index (χ2v) is 6.24. The van der Waals surface area contributed by atoms with Gasteiger partial charge in [0, 0.05) is 11.1 Å². The molecular weight excluding hydrogens is 285 g/mol. The van der Waals surface area contributed by atoms with Crippen molar-refractivity contribution in [1.29, 1.82) is 0 Å². The van der Waals surface area contributed by atoms with Gasteiger partial charge in [0.25, 0.3) is 0 Å². The van der Waals surface area contributed by atoms with E-state index in [0.717, 1.165) is 24.9 Å². The first kappa shape index (κ1) is 18.4. The van der Waals surface area contributed by atoms with E-state index in [1.807, 2.05) is 6.07 Å². The lowest BCUT2D eigenvalue weighted by Gasteiger charge is -2.21. The molecule has 3 heteroatoms. The third-order valence-electron chi connectivity index (χ3n) is 3.89. The maximum atomic E-state index is 13.6. The lowest BCUT2D eigenvalue weighted by Crippen LogP contribution is -2.22. The van der Waals surface area contributed by atoms with E-state index in [0.29, 0.717) is 10.6 Å². The van der Waals surface area contributed by atoms with Crippen LogP contribution in [0.15, 0.2) is 12.1 Å². The molecule has 1 N–H and O–H groups in total. The third-order valence-corrected chi connectivity index (χ3v) is 4.22. The van der Waals surface area contributed by atoms with Gasteiger partial charge in [0.15, 0.2) is 0 Å². The molecule has 1 nitrogen and oxygen atoms in total. The van der Waals surface area contributed by atoms with Gasteiger partial charge in [0.05, 0.1) is 0 Å². The van der Waals surface area contributed by atoms with E-state index < -0.39 is 0 Å². The van der Waals surface area contributed by atoms with Gasteiger partial charge in [-0.25, -0.2) is 4.39 Å². The minimum absolute atomic E-state index is 0.221. The standard InChI is InChI=1S/C18H29ClFN/c1-4-6-7-8-9-10-18(21-11-5-2)15-12-14(3)17(20)13-16(15)19/h12-13,18,21H,4-11H2,1-3H3. The van der Waals surface area contributed by atoms with E-state index in [1.165, 1.54) is 38.2 Å². The normalized spacial score (nSPS) is 12.6. The van der Waals surface area contributed by atoms with Crippen LogP contribution in [0.5, 0.6) is 0 Å². The van der Waals surface area contributed by atoms with Gasteiger partial charge in [-0.05, 0) is 43.5 Å². The molecule has 21 heavy (non-hydrogen) atoms. The molecule has 1 atom stereocenters. The SMILES string of the molecule is CCCCCCCC(NCCC)c1cc(C)c(F)cc1Cl. The van der Waals surface area contributed by atoms with Crippen molar-refractivity contribution in [1.82, 2.24) is 5.32 Å². The molecule has 120 valence electrons. The molecule has 0 bridgehead atoms. The molecule has 0 aromatic heterocycles. The fourth-order valence-corrected chi connectivity index (χ4v) is 2.87. The third kappa shape index (κ3) is 6.36. The Bertz CT molecular complexity index is 420. The molecule has 0 heterocycles. The highest BCUT2D eigenvalue weighted by molar-refractivity contribution is 6.31. The average Bonchev–Trinajstić information content (AvgIpc) is 2.46. The van der Waals surface area contributed by atoms with Crippen molar-refractivity contribution >= 4 is 11.6 Å². The highest BCUT2D eigenvalue weighted by Gasteiger charge is 2.15. The number of nitrogens with one attached hydrogen (secondary N) is 1. The second-order valence-electron chi connectivity index (χ2n) is 5.83. The zero-order chi connectivity index (χ0) is 15.7. The molecule has 0 saturated carbocycles. The van der Waals surface area contributed by atoms with Crippen LogP contribution in [0.1, 0.15) is 76.0 Å². The van der Waals surface area contributed by atoms with Gasteiger partial charge < -0.3 is 5.32 Å². The van der Waals surface area contributed by atoms with Gasteiger partial charge in [-0.3, -0.25) is 0 Å². The first-order valence-electron chi connectivity index (χ1n) is 8.29. The molecule has 0 aliphatic heterocycles. The smallest absolute Gasteiger partial charge is 0.127 e. The monoisotopic (exact) mass is 313 g/mol. The molecule has 0 aliphatic carbocycles. The van der Waals surface area contributed by atoms with Crippen LogP contribution in [0.25, 0.3) is 0 Å². The van der Waals surface area contributed by atoms with Crippen LogP contribution in [0, 0.1) is 12.7 Å². The van der Waals surface area contributed by atoms with Crippen LogP contribution in [-0.4, -0.2) is 6.54 Å². The van der Waals surface area contributed by atoms with Crippen LogP contribution in [0.3, 0.4) is 0 Å². The van der Waals surface area contributed by atoms with E-state index in [-0.39, 0.29) is 11.9 Å². The van der Waals surface area contributed by atoms with Crippen LogP contribution >= 0.6 is 11.6 Å². The molecule has 0 aliphatic rings. The summed E-state index contributed by atoms with van der Waals surface area (Å²) in [6.45, 7) is 7.15. The Morgan fingerprint density at radius 2 is 1.81 bits per heavy atom. The van der Waals surface area contributed by atoms with Crippen LogP contribution in [-0.2, 0) is 0 Å². The molecule has 1 aromatic rings. The summed E-state index contributed by atoms with van der Waals surface area (Å²) in [4.78, 5) is 0. The van der Waals surface area contributed by atoms with Crippen LogP contribution in [0.2, 0.25) is 5.02 Å². The maximum Gasteiger partial charge on any atom is 0.127 e. The van der Waals surface area contributed by atoms with Gasteiger partial charge in [-0.1, -0.05) is 63.6 Å². The van der Waals surface area contributed by atoms with Crippen molar-refractivity contribution in [2.24, 2.45) is 0 Å². The predicted molar refractivity (Wildman–Crippen MR) is 90.6 cm³/mol. The summed E-state index contributed by atoms with van der Waals surface area (Å²) in [7, 11) is 0. The zero-order valence-electron chi connectivity index (χ0n) is 13.6. The Kier molecular flexibility index (Phi) is 8.94. The number of hydrogen-bond acceptors (Lipinski definition) is 1. The van der Waals surface area contributed by atoms with Crippen molar-refractivity contribution in [2.45, 2.75) is 71.8 Å². The summed E-state index contributed by atoms with van der Waals surface area (Å²) in [5.74, 6) is -0.221. The topological polar surface area (TPSA) is 12.0 Å². The summed E-state index contributed by atoms with van der Waals surface area (Å²) in [6.07, 6.45) is 8.47. The van der Waals surface area contributed by atoms with E-state index >= 15 is 0 Å². The number of aryl methyl sites for hydroxylation is 1. The fraction of sp³-hybridized carbons (Fsp3) is 0.667. The van der Waals surface area contributed by atoms with Crippen molar-refractivity contribution < 1.29 is 4.39 Å². The van der Waals surface area contributed by atoms with Crippen molar-refractivity contribution in [3.63, 3.8) is 0 Å². The molecule has 1 unspecified atom stereocenters. The molecule has 0 saturated heterocycles. The Hall–Kier alpha value is -0.600. The zero-order valence-corrected chi connectivity index (χ0v) is 14.4. The van der Waals surface area contributed by atoms with Gasteiger partial charge in [0.2, 0.25) is 0 Å². The summed E-state index contributed by atoms with van der Waals surface area (Å²) >= 11 is 6.26.